The molecule has 0 fully saturated rings. The maximum atomic E-state index is 13.6. The number of aromatic nitrogens is 2. The highest BCUT2D eigenvalue weighted by molar-refractivity contribution is 7.09. The van der Waals surface area contributed by atoms with E-state index in [1.165, 1.54) is 12.1 Å². The first-order valence-corrected chi connectivity index (χ1v) is 10.8. The van der Waals surface area contributed by atoms with E-state index in [0.29, 0.717) is 18.8 Å². The molecule has 3 aromatic heterocycles. The predicted octanol–water partition coefficient (Wildman–Crippen LogP) is 5.00. The van der Waals surface area contributed by atoms with Crippen LogP contribution in [0.25, 0.3) is 5.69 Å². The van der Waals surface area contributed by atoms with E-state index in [-0.39, 0.29) is 11.7 Å². The molecule has 0 saturated heterocycles. The molecule has 3 heterocycles. The molecule has 0 N–H and O–H groups in total. The smallest absolute Gasteiger partial charge is 0.275 e. The minimum absolute atomic E-state index is 0.112. The first kappa shape index (κ1) is 18.8. The minimum atomic E-state index is -0.292. The van der Waals surface area contributed by atoms with Crippen LogP contribution in [0.15, 0.2) is 64.6 Å². The fraction of sp³-hybridized carbons (Fsp3) is 0.217. The highest BCUT2D eigenvalue weighted by atomic mass is 32.1. The van der Waals surface area contributed by atoms with Gasteiger partial charge in [0, 0.05) is 16.1 Å². The molecule has 0 bridgehead atoms. The molecular formula is C23H20FN3O2S. The van der Waals surface area contributed by atoms with Crippen LogP contribution in [0.1, 0.15) is 38.8 Å². The molecule has 152 valence electrons. The van der Waals surface area contributed by atoms with Gasteiger partial charge >= 0.3 is 0 Å². The largest absolute Gasteiger partial charge is 0.467 e. The summed E-state index contributed by atoms with van der Waals surface area (Å²) in [5.41, 5.74) is 3.29. The van der Waals surface area contributed by atoms with Gasteiger partial charge in [-0.15, -0.1) is 11.3 Å². The second kappa shape index (κ2) is 7.91. The Morgan fingerprint density at radius 2 is 2.00 bits per heavy atom. The van der Waals surface area contributed by atoms with E-state index >= 15 is 0 Å². The van der Waals surface area contributed by atoms with E-state index in [1.54, 1.807) is 39.3 Å². The van der Waals surface area contributed by atoms with Crippen LogP contribution in [0.4, 0.5) is 4.39 Å². The fourth-order valence-corrected chi connectivity index (χ4v) is 4.66. The van der Waals surface area contributed by atoms with E-state index in [4.69, 9.17) is 4.42 Å². The van der Waals surface area contributed by atoms with E-state index in [1.807, 2.05) is 29.6 Å². The van der Waals surface area contributed by atoms with Crippen LogP contribution < -0.4 is 0 Å². The van der Waals surface area contributed by atoms with Crippen LogP contribution in [0.2, 0.25) is 0 Å². The number of benzene rings is 1. The molecule has 7 heteroatoms. The van der Waals surface area contributed by atoms with Crippen LogP contribution in [0.5, 0.6) is 0 Å². The number of fused-ring (bicyclic) bond motifs is 1. The van der Waals surface area contributed by atoms with Crippen LogP contribution >= 0.6 is 11.3 Å². The standard InChI is InChI=1S/C23H20FN3O2S/c24-16-8-10-17(11-9-16)27-21-7-1-6-20(21)22(25-27)23(28)26(14-18-4-2-12-29-18)15-19-5-3-13-30-19/h2-5,8-13H,1,6-7,14-15H2. The molecule has 1 amide bonds. The summed E-state index contributed by atoms with van der Waals surface area (Å²) in [5.74, 6) is 0.327. The summed E-state index contributed by atoms with van der Waals surface area (Å²) in [6.45, 7) is 0.872. The van der Waals surface area contributed by atoms with Gasteiger partial charge in [-0.3, -0.25) is 4.79 Å². The summed E-state index contributed by atoms with van der Waals surface area (Å²) >= 11 is 1.62. The molecule has 4 aromatic rings. The zero-order chi connectivity index (χ0) is 20.5. The van der Waals surface area contributed by atoms with Crippen molar-refractivity contribution in [2.24, 2.45) is 0 Å². The zero-order valence-electron chi connectivity index (χ0n) is 16.3. The summed E-state index contributed by atoms with van der Waals surface area (Å²) in [6.07, 6.45) is 4.28. The van der Waals surface area contributed by atoms with Gasteiger partial charge in [0.15, 0.2) is 5.69 Å². The Labute approximate surface area is 177 Å². The topological polar surface area (TPSA) is 51.3 Å². The van der Waals surface area contributed by atoms with Gasteiger partial charge in [0.25, 0.3) is 5.91 Å². The molecule has 0 radical (unpaired) electrons. The molecule has 1 aliphatic carbocycles. The van der Waals surface area contributed by atoms with Crippen molar-refractivity contribution in [3.8, 4) is 5.69 Å². The van der Waals surface area contributed by atoms with Crippen LogP contribution in [-0.2, 0) is 25.9 Å². The van der Waals surface area contributed by atoms with Gasteiger partial charge in [-0.25, -0.2) is 9.07 Å². The third-order valence-electron chi connectivity index (χ3n) is 5.34. The number of carbonyl (C=O) groups is 1. The van der Waals surface area contributed by atoms with Gasteiger partial charge in [0.05, 0.1) is 25.0 Å². The molecule has 30 heavy (non-hydrogen) atoms. The number of thiophene rings is 1. The number of nitrogens with zero attached hydrogens (tertiary/aromatic N) is 3. The van der Waals surface area contributed by atoms with Crippen LogP contribution in [0, 0.1) is 5.82 Å². The van der Waals surface area contributed by atoms with E-state index in [9.17, 15) is 9.18 Å². The van der Waals surface area contributed by atoms with Gasteiger partial charge in [-0.1, -0.05) is 6.07 Å². The Balaban J connectivity index is 1.51. The lowest BCUT2D eigenvalue weighted by molar-refractivity contribution is 0.0712. The lowest BCUT2D eigenvalue weighted by Crippen LogP contribution is -2.30. The van der Waals surface area contributed by atoms with Crippen molar-refractivity contribution in [2.45, 2.75) is 32.4 Å². The molecule has 0 atom stereocenters. The summed E-state index contributed by atoms with van der Waals surface area (Å²) < 4.78 is 20.7. The molecule has 0 spiro atoms. The molecule has 5 nitrogen and oxygen atoms in total. The van der Waals surface area contributed by atoms with Crippen molar-refractivity contribution in [1.82, 2.24) is 14.7 Å². The Kier molecular flexibility index (Phi) is 4.96. The van der Waals surface area contributed by atoms with E-state index in [0.717, 1.165) is 46.8 Å². The monoisotopic (exact) mass is 421 g/mol. The van der Waals surface area contributed by atoms with Gasteiger partial charge in [-0.2, -0.15) is 5.10 Å². The van der Waals surface area contributed by atoms with Gasteiger partial charge < -0.3 is 9.32 Å². The maximum Gasteiger partial charge on any atom is 0.275 e. The average molecular weight is 421 g/mol. The van der Waals surface area contributed by atoms with Crippen LogP contribution in [-0.4, -0.2) is 20.6 Å². The predicted molar refractivity (Wildman–Crippen MR) is 112 cm³/mol. The number of carbonyl (C=O) groups excluding carboxylic acids is 1. The minimum Gasteiger partial charge on any atom is -0.467 e. The van der Waals surface area contributed by atoms with Gasteiger partial charge in [0.2, 0.25) is 0 Å². The first-order chi connectivity index (χ1) is 14.7. The Morgan fingerprint density at radius 3 is 2.73 bits per heavy atom. The van der Waals surface area contributed by atoms with Crippen molar-refractivity contribution in [3.05, 3.63) is 93.6 Å². The van der Waals surface area contributed by atoms with Crippen molar-refractivity contribution in [3.63, 3.8) is 0 Å². The number of hydrogen-bond donors (Lipinski definition) is 0. The molecule has 1 aromatic carbocycles. The summed E-state index contributed by atoms with van der Waals surface area (Å²) in [6, 6.07) is 13.9. The molecular weight excluding hydrogens is 401 g/mol. The third-order valence-corrected chi connectivity index (χ3v) is 6.21. The lowest BCUT2D eigenvalue weighted by Gasteiger charge is -2.20. The Morgan fingerprint density at radius 1 is 1.13 bits per heavy atom. The summed E-state index contributed by atoms with van der Waals surface area (Å²) in [5, 5.41) is 6.69. The highest BCUT2D eigenvalue weighted by Gasteiger charge is 2.30. The van der Waals surface area contributed by atoms with Crippen molar-refractivity contribution in [1.29, 1.82) is 0 Å². The van der Waals surface area contributed by atoms with Gasteiger partial charge in [-0.05, 0) is 67.1 Å². The normalized spacial score (nSPS) is 12.8. The van der Waals surface area contributed by atoms with E-state index < -0.39 is 0 Å². The molecule has 1 aliphatic rings. The molecule has 0 aliphatic heterocycles. The van der Waals surface area contributed by atoms with Crippen molar-refractivity contribution in [2.75, 3.05) is 0 Å². The van der Waals surface area contributed by atoms with Crippen molar-refractivity contribution >= 4 is 17.2 Å². The number of halogens is 1. The zero-order valence-corrected chi connectivity index (χ0v) is 17.1. The van der Waals surface area contributed by atoms with Crippen LogP contribution in [0.3, 0.4) is 0 Å². The Bertz CT molecular complexity index is 1110. The second-order valence-electron chi connectivity index (χ2n) is 7.34. The highest BCUT2D eigenvalue weighted by Crippen LogP contribution is 2.29. The summed E-state index contributed by atoms with van der Waals surface area (Å²) in [4.78, 5) is 16.5. The fourth-order valence-electron chi connectivity index (χ4n) is 3.94. The molecule has 5 rings (SSSR count). The first-order valence-electron chi connectivity index (χ1n) is 9.90. The molecule has 0 unspecified atom stereocenters. The number of hydrogen-bond acceptors (Lipinski definition) is 4. The van der Waals surface area contributed by atoms with Gasteiger partial charge in [0.1, 0.15) is 11.6 Å². The SMILES string of the molecule is O=C(c1nn(-c2ccc(F)cc2)c2c1CCC2)N(Cc1ccco1)Cc1cccs1. The van der Waals surface area contributed by atoms with E-state index in [2.05, 4.69) is 5.10 Å². The summed E-state index contributed by atoms with van der Waals surface area (Å²) in [7, 11) is 0. The lowest BCUT2D eigenvalue weighted by atomic mass is 10.1. The average Bonchev–Trinajstić information content (AvgIpc) is 3.53. The second-order valence-corrected chi connectivity index (χ2v) is 8.37. The number of furan rings is 1. The molecule has 0 saturated carbocycles. The number of rotatable bonds is 6. The third kappa shape index (κ3) is 3.57. The number of amides is 1. The maximum absolute atomic E-state index is 13.6. The Hall–Kier alpha value is -3.19. The van der Waals surface area contributed by atoms with Crippen molar-refractivity contribution < 1.29 is 13.6 Å². The quantitative estimate of drug-likeness (QED) is 0.440.